The van der Waals surface area contributed by atoms with Crippen molar-refractivity contribution in [3.05, 3.63) is 53.6 Å². The SMILES string of the molecule is Nc1ccc(C(=O)c2ccc(N)cc2O)cc1. The Labute approximate surface area is 98.5 Å². The second-order valence-electron chi connectivity index (χ2n) is 3.73. The lowest BCUT2D eigenvalue weighted by Crippen LogP contribution is -2.02. The van der Waals surface area contributed by atoms with Gasteiger partial charge in [-0.25, -0.2) is 0 Å². The fourth-order valence-corrected chi connectivity index (χ4v) is 1.53. The van der Waals surface area contributed by atoms with Crippen LogP contribution in [0.4, 0.5) is 11.4 Å². The Hall–Kier alpha value is -2.49. The predicted octanol–water partition coefficient (Wildman–Crippen LogP) is 1.79. The highest BCUT2D eigenvalue weighted by Gasteiger charge is 2.13. The maximum absolute atomic E-state index is 12.0. The molecule has 0 radical (unpaired) electrons. The van der Waals surface area contributed by atoms with Gasteiger partial charge in [-0.1, -0.05) is 0 Å². The third kappa shape index (κ3) is 2.20. The van der Waals surface area contributed by atoms with Gasteiger partial charge in [-0.15, -0.1) is 0 Å². The van der Waals surface area contributed by atoms with Crippen LogP contribution in [0.2, 0.25) is 0 Å². The van der Waals surface area contributed by atoms with Gasteiger partial charge >= 0.3 is 0 Å². The van der Waals surface area contributed by atoms with Crippen LogP contribution < -0.4 is 11.5 Å². The number of nitrogen functional groups attached to an aromatic ring is 2. The number of rotatable bonds is 2. The quantitative estimate of drug-likeness (QED) is 0.540. The second kappa shape index (κ2) is 4.17. The van der Waals surface area contributed by atoms with Crippen LogP contribution in [0.15, 0.2) is 42.5 Å². The Bertz CT molecular complexity index is 562. The molecule has 4 nitrogen and oxygen atoms in total. The molecule has 0 bridgehead atoms. The molecule has 2 rings (SSSR count). The van der Waals surface area contributed by atoms with E-state index in [0.29, 0.717) is 16.9 Å². The van der Waals surface area contributed by atoms with Gasteiger partial charge in [-0.2, -0.15) is 0 Å². The molecule has 0 unspecified atom stereocenters. The van der Waals surface area contributed by atoms with Gasteiger partial charge in [0, 0.05) is 23.0 Å². The average molecular weight is 228 g/mol. The number of aromatic hydroxyl groups is 1. The van der Waals surface area contributed by atoms with Crippen LogP contribution in [0.3, 0.4) is 0 Å². The summed E-state index contributed by atoms with van der Waals surface area (Å²) >= 11 is 0. The van der Waals surface area contributed by atoms with Gasteiger partial charge in [0.15, 0.2) is 5.78 Å². The molecule has 0 saturated heterocycles. The number of carbonyl (C=O) groups excluding carboxylic acids is 1. The molecule has 0 atom stereocenters. The normalized spacial score (nSPS) is 10.1. The first-order valence-electron chi connectivity index (χ1n) is 5.06. The minimum atomic E-state index is -0.262. The Morgan fingerprint density at radius 3 is 2.12 bits per heavy atom. The fraction of sp³-hybridized carbons (Fsp3) is 0. The third-order valence-electron chi connectivity index (χ3n) is 2.44. The zero-order valence-corrected chi connectivity index (χ0v) is 9.05. The van der Waals surface area contributed by atoms with E-state index < -0.39 is 0 Å². The molecule has 0 aliphatic carbocycles. The standard InChI is InChI=1S/C13H12N2O2/c14-9-3-1-8(2-4-9)13(17)11-6-5-10(15)7-12(11)16/h1-7,16H,14-15H2. The molecule has 0 aromatic heterocycles. The van der Waals surface area contributed by atoms with E-state index in [1.807, 2.05) is 0 Å². The van der Waals surface area contributed by atoms with E-state index in [1.165, 1.54) is 12.1 Å². The van der Waals surface area contributed by atoms with Crippen LogP contribution in [0.25, 0.3) is 0 Å². The highest BCUT2D eigenvalue weighted by Crippen LogP contribution is 2.23. The maximum atomic E-state index is 12.0. The molecule has 4 heteroatoms. The number of ketones is 1. The summed E-state index contributed by atoms with van der Waals surface area (Å²) in [4.78, 5) is 12.0. The lowest BCUT2D eigenvalue weighted by Gasteiger charge is -2.05. The number of phenolic OH excluding ortho intramolecular Hbond substituents is 1. The van der Waals surface area contributed by atoms with Crippen LogP contribution in [-0.2, 0) is 0 Å². The van der Waals surface area contributed by atoms with Crippen LogP contribution in [0, 0.1) is 0 Å². The minimum Gasteiger partial charge on any atom is -0.507 e. The first kappa shape index (κ1) is 11.0. The average Bonchev–Trinajstić information content (AvgIpc) is 2.29. The van der Waals surface area contributed by atoms with Crippen molar-refractivity contribution >= 4 is 17.2 Å². The van der Waals surface area contributed by atoms with Crippen LogP contribution >= 0.6 is 0 Å². The van der Waals surface area contributed by atoms with E-state index in [0.717, 1.165) is 0 Å². The third-order valence-corrected chi connectivity index (χ3v) is 2.44. The van der Waals surface area contributed by atoms with Crippen molar-refractivity contribution in [1.29, 1.82) is 0 Å². The molecule has 0 saturated carbocycles. The molecule has 86 valence electrons. The van der Waals surface area contributed by atoms with E-state index in [-0.39, 0.29) is 17.1 Å². The molecule has 2 aromatic rings. The molecular weight excluding hydrogens is 216 g/mol. The highest BCUT2D eigenvalue weighted by molar-refractivity contribution is 6.10. The Balaban J connectivity index is 2.40. The molecule has 17 heavy (non-hydrogen) atoms. The van der Waals surface area contributed by atoms with Gasteiger partial charge < -0.3 is 16.6 Å². The lowest BCUT2D eigenvalue weighted by molar-refractivity contribution is 0.103. The van der Waals surface area contributed by atoms with Crippen molar-refractivity contribution in [2.75, 3.05) is 11.5 Å². The van der Waals surface area contributed by atoms with Gasteiger partial charge in [-0.3, -0.25) is 4.79 Å². The molecule has 0 spiro atoms. The van der Waals surface area contributed by atoms with Crippen molar-refractivity contribution in [3.63, 3.8) is 0 Å². The Morgan fingerprint density at radius 2 is 1.53 bits per heavy atom. The van der Waals surface area contributed by atoms with Gasteiger partial charge in [0.25, 0.3) is 0 Å². The van der Waals surface area contributed by atoms with Crippen LogP contribution in [0.1, 0.15) is 15.9 Å². The number of nitrogens with two attached hydrogens (primary N) is 2. The number of carbonyl (C=O) groups is 1. The summed E-state index contributed by atoms with van der Waals surface area (Å²) in [5.74, 6) is -0.380. The van der Waals surface area contributed by atoms with Gasteiger partial charge in [0.05, 0.1) is 5.56 Å². The van der Waals surface area contributed by atoms with E-state index in [9.17, 15) is 9.90 Å². The second-order valence-corrected chi connectivity index (χ2v) is 3.73. The smallest absolute Gasteiger partial charge is 0.196 e. The molecule has 0 amide bonds. The van der Waals surface area contributed by atoms with Crippen LogP contribution in [-0.4, -0.2) is 10.9 Å². The van der Waals surface area contributed by atoms with E-state index in [1.54, 1.807) is 30.3 Å². The Morgan fingerprint density at radius 1 is 0.941 bits per heavy atom. The number of hydrogen-bond donors (Lipinski definition) is 3. The van der Waals surface area contributed by atoms with Gasteiger partial charge in [0.1, 0.15) is 5.75 Å². The molecule has 0 aliphatic heterocycles. The molecule has 0 fully saturated rings. The van der Waals surface area contributed by atoms with E-state index in [4.69, 9.17) is 11.5 Å². The summed E-state index contributed by atoms with van der Waals surface area (Å²) in [5.41, 5.74) is 12.7. The largest absolute Gasteiger partial charge is 0.507 e. The number of benzene rings is 2. The first-order chi connectivity index (χ1) is 8.08. The number of hydrogen-bond acceptors (Lipinski definition) is 4. The van der Waals surface area contributed by atoms with E-state index >= 15 is 0 Å². The number of anilines is 2. The summed E-state index contributed by atoms with van der Waals surface area (Å²) in [5, 5.41) is 9.65. The zero-order chi connectivity index (χ0) is 12.4. The summed E-state index contributed by atoms with van der Waals surface area (Å²) in [7, 11) is 0. The van der Waals surface area contributed by atoms with Crippen molar-refractivity contribution < 1.29 is 9.90 Å². The van der Waals surface area contributed by atoms with Crippen molar-refractivity contribution in [2.24, 2.45) is 0 Å². The summed E-state index contributed by atoms with van der Waals surface area (Å²) in [6.07, 6.45) is 0. The first-order valence-corrected chi connectivity index (χ1v) is 5.06. The van der Waals surface area contributed by atoms with E-state index in [2.05, 4.69) is 0 Å². The van der Waals surface area contributed by atoms with Crippen molar-refractivity contribution in [2.45, 2.75) is 0 Å². The molecular formula is C13H12N2O2. The highest BCUT2D eigenvalue weighted by atomic mass is 16.3. The molecule has 5 N–H and O–H groups in total. The van der Waals surface area contributed by atoms with Crippen LogP contribution in [0.5, 0.6) is 5.75 Å². The monoisotopic (exact) mass is 228 g/mol. The Kier molecular flexibility index (Phi) is 2.70. The molecule has 2 aromatic carbocycles. The molecule has 0 heterocycles. The summed E-state index contributed by atoms with van der Waals surface area (Å²) in [6.45, 7) is 0. The van der Waals surface area contributed by atoms with Gasteiger partial charge in [0.2, 0.25) is 0 Å². The predicted molar refractivity (Wildman–Crippen MR) is 66.8 cm³/mol. The summed E-state index contributed by atoms with van der Waals surface area (Å²) in [6, 6.07) is 10.9. The topological polar surface area (TPSA) is 89.3 Å². The fourth-order valence-electron chi connectivity index (χ4n) is 1.53. The van der Waals surface area contributed by atoms with Gasteiger partial charge in [-0.05, 0) is 36.4 Å². The summed E-state index contributed by atoms with van der Waals surface area (Å²) < 4.78 is 0. The van der Waals surface area contributed by atoms with Crippen molar-refractivity contribution in [1.82, 2.24) is 0 Å². The zero-order valence-electron chi connectivity index (χ0n) is 9.05. The lowest BCUT2D eigenvalue weighted by atomic mass is 10.0. The minimum absolute atomic E-state index is 0.119. The maximum Gasteiger partial charge on any atom is 0.196 e. The molecule has 0 aliphatic rings. The van der Waals surface area contributed by atoms with Crippen molar-refractivity contribution in [3.8, 4) is 5.75 Å². The number of phenols is 1.